The molecule has 1 amide bonds. The Morgan fingerprint density at radius 3 is 2.29 bits per heavy atom. The molecule has 0 aliphatic carbocycles. The summed E-state index contributed by atoms with van der Waals surface area (Å²) >= 11 is 5.92. The van der Waals surface area contributed by atoms with E-state index in [-0.39, 0.29) is 36.0 Å². The highest BCUT2D eigenvalue weighted by molar-refractivity contribution is 6.30. The van der Waals surface area contributed by atoms with Crippen LogP contribution >= 0.6 is 11.6 Å². The van der Waals surface area contributed by atoms with Crippen LogP contribution in [0.4, 0.5) is 5.82 Å². The summed E-state index contributed by atoms with van der Waals surface area (Å²) in [4.78, 5) is 24.6. The molecule has 4 aromatic rings. The van der Waals surface area contributed by atoms with E-state index in [2.05, 4.69) is 10.3 Å². The number of rotatable bonds is 8. The van der Waals surface area contributed by atoms with Gasteiger partial charge in [0.2, 0.25) is 0 Å². The van der Waals surface area contributed by atoms with Crippen molar-refractivity contribution in [3.63, 3.8) is 0 Å². The molecule has 2 heterocycles. The van der Waals surface area contributed by atoms with E-state index in [0.29, 0.717) is 27.7 Å². The van der Waals surface area contributed by atoms with E-state index in [1.807, 2.05) is 38.1 Å². The number of nitrogens with two attached hydrogens (primary N) is 2. The fourth-order valence-corrected chi connectivity index (χ4v) is 3.83. The predicted octanol–water partition coefficient (Wildman–Crippen LogP) is 4.47. The number of primary amides is 1. The van der Waals surface area contributed by atoms with Crippen LogP contribution in [0.15, 0.2) is 59.1 Å². The lowest BCUT2D eigenvalue weighted by Gasteiger charge is -2.06. The largest absolute Gasteiger partial charge is 0.383 e. The Labute approximate surface area is 201 Å². The highest BCUT2D eigenvalue weighted by Gasteiger charge is 2.22. The molecule has 34 heavy (non-hydrogen) atoms. The van der Waals surface area contributed by atoms with Gasteiger partial charge in [-0.05, 0) is 31.5 Å². The molecule has 0 unspecified atom stereocenters. The molecule has 0 fully saturated rings. The zero-order chi connectivity index (χ0) is 24.4. The molecule has 8 nitrogen and oxygen atoms in total. The van der Waals surface area contributed by atoms with Crippen molar-refractivity contribution in [1.29, 1.82) is 0 Å². The maximum absolute atomic E-state index is 12.6. The summed E-state index contributed by atoms with van der Waals surface area (Å²) in [7, 11) is 0. The Kier molecular flexibility index (Phi) is 6.51. The van der Waals surface area contributed by atoms with Crippen LogP contribution < -0.4 is 11.5 Å². The monoisotopic (exact) mass is 477 g/mol. The number of carbonyl (C=O) groups is 2. The molecule has 4 rings (SSSR count). The smallest absolute Gasteiger partial charge is 0.254 e. The molecule has 0 bridgehead atoms. The van der Waals surface area contributed by atoms with Crippen LogP contribution in [0.5, 0.6) is 0 Å². The van der Waals surface area contributed by atoms with Gasteiger partial charge in [-0.1, -0.05) is 53.2 Å². The molecule has 0 atom stereocenters. The van der Waals surface area contributed by atoms with Crippen molar-refractivity contribution >= 4 is 29.1 Å². The van der Waals surface area contributed by atoms with Gasteiger partial charge in [0.25, 0.3) is 5.91 Å². The average molecular weight is 478 g/mol. The van der Waals surface area contributed by atoms with Gasteiger partial charge in [-0.25, -0.2) is 4.68 Å². The number of halogens is 1. The molecular formula is C25H24ClN5O3. The van der Waals surface area contributed by atoms with Gasteiger partial charge < -0.3 is 16.0 Å². The second-order valence-electron chi connectivity index (χ2n) is 8.29. The van der Waals surface area contributed by atoms with Crippen molar-refractivity contribution in [3.05, 3.63) is 76.5 Å². The van der Waals surface area contributed by atoms with Gasteiger partial charge in [-0.15, -0.1) is 0 Å². The second-order valence-corrected chi connectivity index (χ2v) is 8.72. The van der Waals surface area contributed by atoms with Crippen molar-refractivity contribution in [2.45, 2.75) is 32.7 Å². The van der Waals surface area contributed by atoms with Crippen molar-refractivity contribution in [3.8, 4) is 22.5 Å². The number of hydrogen-bond donors (Lipinski definition) is 2. The van der Waals surface area contributed by atoms with Gasteiger partial charge in [0, 0.05) is 34.7 Å². The molecule has 0 aliphatic rings. The zero-order valence-electron chi connectivity index (χ0n) is 18.8. The van der Waals surface area contributed by atoms with Crippen molar-refractivity contribution in [1.82, 2.24) is 14.9 Å². The van der Waals surface area contributed by atoms with Crippen LogP contribution in [-0.4, -0.2) is 26.6 Å². The van der Waals surface area contributed by atoms with Gasteiger partial charge in [-0.3, -0.25) is 9.59 Å². The number of nitrogen functional groups attached to an aromatic ring is 1. The Morgan fingerprint density at radius 1 is 1.03 bits per heavy atom. The average Bonchev–Trinajstić information content (AvgIpc) is 3.39. The molecule has 174 valence electrons. The van der Waals surface area contributed by atoms with E-state index in [1.54, 1.807) is 35.0 Å². The van der Waals surface area contributed by atoms with Crippen LogP contribution in [0, 0.1) is 0 Å². The van der Waals surface area contributed by atoms with Crippen molar-refractivity contribution in [2.24, 2.45) is 5.73 Å². The molecule has 2 aromatic heterocycles. The molecular weight excluding hydrogens is 454 g/mol. The Balaban J connectivity index is 1.45. The molecule has 0 aliphatic heterocycles. The third-order valence-corrected chi connectivity index (χ3v) is 5.63. The normalized spacial score (nSPS) is 11.2. The van der Waals surface area contributed by atoms with E-state index in [1.165, 1.54) is 0 Å². The minimum Gasteiger partial charge on any atom is -0.383 e. The number of ketones is 1. The van der Waals surface area contributed by atoms with Gasteiger partial charge in [0.1, 0.15) is 34.3 Å². The molecule has 9 heteroatoms. The predicted molar refractivity (Wildman–Crippen MR) is 130 cm³/mol. The van der Waals surface area contributed by atoms with Crippen LogP contribution in [0.3, 0.4) is 0 Å². The lowest BCUT2D eigenvalue weighted by Crippen LogP contribution is -2.15. The van der Waals surface area contributed by atoms with E-state index in [9.17, 15) is 9.59 Å². The summed E-state index contributed by atoms with van der Waals surface area (Å²) in [5, 5.41) is 9.15. The third-order valence-electron chi connectivity index (χ3n) is 5.38. The Morgan fingerprint density at radius 2 is 1.68 bits per heavy atom. The molecule has 0 spiro atoms. The van der Waals surface area contributed by atoms with Gasteiger partial charge in [0.15, 0.2) is 0 Å². The molecule has 0 saturated carbocycles. The van der Waals surface area contributed by atoms with E-state index >= 15 is 0 Å². The SMILES string of the molecule is CC(C)n1nc(-c2ccc(CC(=O)Cc3cc(-c4ccc(Cl)cc4)no3)cc2)c(C(N)=O)c1N. The topological polar surface area (TPSA) is 130 Å². The first kappa shape index (κ1) is 23.3. The minimum atomic E-state index is -0.635. The molecule has 4 N–H and O–H groups in total. The number of amides is 1. The minimum absolute atomic E-state index is 0.0160. The number of aromatic nitrogens is 3. The lowest BCUT2D eigenvalue weighted by atomic mass is 10.0. The highest BCUT2D eigenvalue weighted by atomic mass is 35.5. The van der Waals surface area contributed by atoms with Crippen LogP contribution in [-0.2, 0) is 17.6 Å². The number of benzene rings is 2. The van der Waals surface area contributed by atoms with Crippen LogP contribution in [0.1, 0.15) is 41.6 Å². The molecule has 0 saturated heterocycles. The van der Waals surface area contributed by atoms with E-state index in [4.69, 9.17) is 27.6 Å². The quantitative estimate of drug-likeness (QED) is 0.385. The Hall–Kier alpha value is -3.91. The fraction of sp³-hybridized carbons (Fsp3) is 0.200. The first-order valence-corrected chi connectivity index (χ1v) is 11.1. The number of nitrogens with zero attached hydrogens (tertiary/aromatic N) is 3. The maximum Gasteiger partial charge on any atom is 0.254 e. The summed E-state index contributed by atoms with van der Waals surface area (Å²) in [5.41, 5.74) is 15.3. The van der Waals surface area contributed by atoms with Crippen molar-refractivity contribution in [2.75, 3.05) is 5.73 Å². The number of hydrogen-bond acceptors (Lipinski definition) is 6. The summed E-state index contributed by atoms with van der Waals surface area (Å²) in [6, 6.07) is 16.2. The van der Waals surface area contributed by atoms with Gasteiger partial charge in [-0.2, -0.15) is 5.10 Å². The van der Waals surface area contributed by atoms with Crippen molar-refractivity contribution < 1.29 is 14.1 Å². The van der Waals surface area contributed by atoms with Crippen LogP contribution in [0.25, 0.3) is 22.5 Å². The fourth-order valence-electron chi connectivity index (χ4n) is 3.70. The van der Waals surface area contributed by atoms with E-state index < -0.39 is 5.91 Å². The first-order chi connectivity index (χ1) is 16.2. The number of Topliss-reactive ketones (excluding diaryl/α,β-unsaturated/α-hetero) is 1. The van der Waals surface area contributed by atoms with Gasteiger partial charge >= 0.3 is 0 Å². The summed E-state index contributed by atoms with van der Waals surface area (Å²) in [6.07, 6.45) is 0.353. The van der Waals surface area contributed by atoms with Crippen LogP contribution in [0.2, 0.25) is 5.02 Å². The number of anilines is 1. The molecule has 2 aromatic carbocycles. The molecule has 0 radical (unpaired) electrons. The third kappa shape index (κ3) is 4.87. The second kappa shape index (κ2) is 9.52. The maximum atomic E-state index is 12.6. The van der Waals surface area contributed by atoms with E-state index in [0.717, 1.165) is 11.1 Å². The standard InChI is InChI=1S/C25H24ClN5O3/c1-14(2)31-24(27)22(25(28)33)23(29-31)17-5-3-15(4-6-17)11-19(32)12-20-13-21(30-34-20)16-7-9-18(26)10-8-16/h3-10,13-14H,11-12,27H2,1-2H3,(H2,28,33). The van der Waals surface area contributed by atoms with Gasteiger partial charge in [0.05, 0.1) is 6.42 Å². The lowest BCUT2D eigenvalue weighted by molar-refractivity contribution is -0.118. The highest BCUT2D eigenvalue weighted by Crippen LogP contribution is 2.29. The summed E-state index contributed by atoms with van der Waals surface area (Å²) < 4.78 is 6.90. The zero-order valence-corrected chi connectivity index (χ0v) is 19.5. The first-order valence-electron chi connectivity index (χ1n) is 10.7. The summed E-state index contributed by atoms with van der Waals surface area (Å²) in [6.45, 7) is 3.83. The number of carbonyl (C=O) groups excluding carboxylic acids is 2. The summed E-state index contributed by atoms with van der Waals surface area (Å²) in [5.74, 6) is 0.0792. The Bertz CT molecular complexity index is 1340.